The highest BCUT2D eigenvalue weighted by atomic mass is 79.9. The maximum absolute atomic E-state index is 5.43. The molecule has 0 atom stereocenters. The van der Waals surface area contributed by atoms with Gasteiger partial charge in [0.2, 0.25) is 11.7 Å². The molecule has 0 fully saturated rings. The monoisotopic (exact) mass is 295 g/mol. The first-order chi connectivity index (χ1) is 8.11. The van der Waals surface area contributed by atoms with Crippen molar-refractivity contribution in [2.24, 2.45) is 5.73 Å². The van der Waals surface area contributed by atoms with Crippen molar-refractivity contribution in [1.29, 1.82) is 0 Å². The van der Waals surface area contributed by atoms with Crippen LogP contribution in [0, 0.1) is 0 Å². The normalized spacial score (nSPS) is 11.1. The minimum absolute atomic E-state index is 0.262. The van der Waals surface area contributed by atoms with E-state index in [1.54, 1.807) is 0 Å². The van der Waals surface area contributed by atoms with Crippen LogP contribution in [0.2, 0.25) is 0 Å². The molecule has 0 radical (unpaired) electrons. The van der Waals surface area contributed by atoms with Crippen LogP contribution in [0.25, 0.3) is 11.4 Å². The molecule has 0 aliphatic rings. The molecule has 2 N–H and O–H groups in total. The van der Waals surface area contributed by atoms with E-state index in [4.69, 9.17) is 10.3 Å². The lowest BCUT2D eigenvalue weighted by Gasteiger charge is -2.08. The number of aromatic nitrogens is 2. The summed E-state index contributed by atoms with van der Waals surface area (Å²) in [7, 11) is 0. The van der Waals surface area contributed by atoms with Gasteiger partial charge in [-0.3, -0.25) is 0 Å². The predicted molar refractivity (Wildman–Crippen MR) is 69.4 cm³/mol. The Hall–Kier alpha value is -1.20. The second kappa shape index (κ2) is 4.98. The lowest BCUT2D eigenvalue weighted by Crippen LogP contribution is -1.95. The molecule has 2 rings (SSSR count). The number of halogens is 1. The van der Waals surface area contributed by atoms with E-state index in [-0.39, 0.29) is 6.54 Å². The van der Waals surface area contributed by atoms with Crippen LogP contribution in [0.3, 0.4) is 0 Å². The highest BCUT2D eigenvalue weighted by Gasteiger charge is 2.10. The molecule has 1 aromatic carbocycles. The molecule has 0 bridgehead atoms. The maximum atomic E-state index is 5.43. The van der Waals surface area contributed by atoms with Crippen LogP contribution in [0.15, 0.2) is 27.2 Å². The summed E-state index contributed by atoms with van der Waals surface area (Å²) in [4.78, 5) is 4.19. The maximum Gasteiger partial charge on any atom is 0.240 e. The third kappa shape index (κ3) is 2.56. The van der Waals surface area contributed by atoms with Crippen LogP contribution in [-0.4, -0.2) is 10.1 Å². The van der Waals surface area contributed by atoms with Gasteiger partial charge in [0.05, 0.1) is 6.54 Å². The van der Waals surface area contributed by atoms with E-state index < -0.39 is 0 Å². The molecule has 0 amide bonds. The van der Waals surface area contributed by atoms with E-state index in [0.717, 1.165) is 10.0 Å². The lowest BCUT2D eigenvalue weighted by molar-refractivity contribution is 0.380. The van der Waals surface area contributed by atoms with Crippen LogP contribution in [0.5, 0.6) is 0 Å². The number of nitrogens with zero attached hydrogens (tertiary/aromatic N) is 2. The average molecular weight is 296 g/mol. The number of hydrogen-bond acceptors (Lipinski definition) is 4. The van der Waals surface area contributed by atoms with Gasteiger partial charge in [0.25, 0.3) is 0 Å². The zero-order valence-corrected chi connectivity index (χ0v) is 11.4. The zero-order valence-electron chi connectivity index (χ0n) is 9.77. The van der Waals surface area contributed by atoms with Crippen LogP contribution in [0.4, 0.5) is 0 Å². The number of nitrogens with two attached hydrogens (primary N) is 1. The second-order valence-corrected chi connectivity index (χ2v) is 4.96. The summed E-state index contributed by atoms with van der Waals surface area (Å²) in [5.41, 5.74) is 7.61. The quantitative estimate of drug-likeness (QED) is 0.945. The molecular weight excluding hydrogens is 282 g/mol. The fourth-order valence-corrected chi connectivity index (χ4v) is 2.43. The van der Waals surface area contributed by atoms with Gasteiger partial charge in [0, 0.05) is 10.0 Å². The third-order valence-corrected chi connectivity index (χ3v) is 3.21. The topological polar surface area (TPSA) is 64.9 Å². The SMILES string of the molecule is CC(C)c1ccc(-c2noc(CN)n2)cc1Br. The minimum Gasteiger partial charge on any atom is -0.338 e. The Balaban J connectivity index is 2.37. The summed E-state index contributed by atoms with van der Waals surface area (Å²) in [5.74, 6) is 1.49. The van der Waals surface area contributed by atoms with Gasteiger partial charge < -0.3 is 10.3 Å². The van der Waals surface area contributed by atoms with Crippen molar-refractivity contribution in [3.05, 3.63) is 34.1 Å². The zero-order chi connectivity index (χ0) is 12.4. The lowest BCUT2D eigenvalue weighted by atomic mass is 10.0. The third-order valence-electron chi connectivity index (χ3n) is 2.52. The molecule has 0 saturated carbocycles. The van der Waals surface area contributed by atoms with Gasteiger partial charge in [-0.2, -0.15) is 4.98 Å². The van der Waals surface area contributed by atoms with E-state index in [1.807, 2.05) is 12.1 Å². The first-order valence-corrected chi connectivity index (χ1v) is 6.23. The molecule has 0 unspecified atom stereocenters. The molecule has 0 aliphatic heterocycles. The summed E-state index contributed by atoms with van der Waals surface area (Å²) in [6.45, 7) is 4.57. The molecule has 2 aromatic rings. The van der Waals surface area contributed by atoms with Crippen LogP contribution < -0.4 is 5.73 Å². The molecular formula is C12H14BrN3O. The Morgan fingerprint density at radius 3 is 2.71 bits per heavy atom. The van der Waals surface area contributed by atoms with E-state index in [2.05, 4.69) is 46.0 Å². The van der Waals surface area contributed by atoms with Gasteiger partial charge in [0.15, 0.2) is 0 Å². The Bertz CT molecular complexity index is 522. The molecule has 5 heteroatoms. The summed E-state index contributed by atoms with van der Waals surface area (Å²) >= 11 is 3.56. The van der Waals surface area contributed by atoms with E-state index in [9.17, 15) is 0 Å². The molecule has 0 spiro atoms. The van der Waals surface area contributed by atoms with Gasteiger partial charge in [-0.05, 0) is 17.5 Å². The highest BCUT2D eigenvalue weighted by Crippen LogP contribution is 2.28. The summed E-state index contributed by atoms with van der Waals surface area (Å²) in [6.07, 6.45) is 0. The standard InChI is InChI=1S/C12H14BrN3O/c1-7(2)9-4-3-8(5-10(9)13)12-15-11(6-14)17-16-12/h3-5,7H,6,14H2,1-2H3. The molecule has 17 heavy (non-hydrogen) atoms. The van der Waals surface area contributed by atoms with Crippen molar-refractivity contribution in [3.63, 3.8) is 0 Å². The molecule has 0 aliphatic carbocycles. The van der Waals surface area contributed by atoms with Gasteiger partial charge in [-0.15, -0.1) is 0 Å². The number of benzene rings is 1. The summed E-state index contributed by atoms with van der Waals surface area (Å²) in [5, 5.41) is 3.89. The van der Waals surface area contributed by atoms with E-state index >= 15 is 0 Å². The van der Waals surface area contributed by atoms with Gasteiger partial charge in [0.1, 0.15) is 0 Å². The van der Waals surface area contributed by atoms with Crippen molar-refractivity contribution in [2.45, 2.75) is 26.3 Å². The largest absolute Gasteiger partial charge is 0.338 e. The van der Waals surface area contributed by atoms with Gasteiger partial charge in [-0.1, -0.05) is 47.1 Å². The molecule has 4 nitrogen and oxygen atoms in total. The van der Waals surface area contributed by atoms with E-state index in [1.165, 1.54) is 5.56 Å². The highest BCUT2D eigenvalue weighted by molar-refractivity contribution is 9.10. The first kappa shape index (κ1) is 12.3. The Morgan fingerprint density at radius 2 is 2.18 bits per heavy atom. The first-order valence-electron chi connectivity index (χ1n) is 5.44. The Kier molecular flexibility index (Phi) is 3.59. The van der Waals surface area contributed by atoms with E-state index in [0.29, 0.717) is 17.6 Å². The van der Waals surface area contributed by atoms with Crippen molar-refractivity contribution in [1.82, 2.24) is 10.1 Å². The van der Waals surface area contributed by atoms with Crippen LogP contribution in [-0.2, 0) is 6.54 Å². The Labute approximate surface area is 108 Å². The van der Waals surface area contributed by atoms with Crippen molar-refractivity contribution in [2.75, 3.05) is 0 Å². The van der Waals surface area contributed by atoms with Crippen LogP contribution in [0.1, 0.15) is 31.2 Å². The smallest absolute Gasteiger partial charge is 0.240 e. The average Bonchev–Trinajstić information content (AvgIpc) is 2.76. The van der Waals surface area contributed by atoms with Gasteiger partial charge in [-0.25, -0.2) is 0 Å². The van der Waals surface area contributed by atoms with Crippen molar-refractivity contribution < 1.29 is 4.52 Å². The molecule has 1 heterocycles. The van der Waals surface area contributed by atoms with Crippen molar-refractivity contribution >= 4 is 15.9 Å². The molecule has 0 saturated heterocycles. The molecule has 90 valence electrons. The second-order valence-electron chi connectivity index (χ2n) is 4.11. The predicted octanol–water partition coefficient (Wildman–Crippen LogP) is 3.08. The number of rotatable bonds is 3. The number of hydrogen-bond donors (Lipinski definition) is 1. The minimum atomic E-state index is 0.262. The van der Waals surface area contributed by atoms with Crippen LogP contribution >= 0.6 is 15.9 Å². The molecule has 1 aromatic heterocycles. The summed E-state index contributed by atoms with van der Waals surface area (Å²) < 4.78 is 6.04. The fourth-order valence-electron chi connectivity index (χ4n) is 1.59. The summed E-state index contributed by atoms with van der Waals surface area (Å²) in [6, 6.07) is 6.06. The van der Waals surface area contributed by atoms with Gasteiger partial charge >= 0.3 is 0 Å². The fraction of sp³-hybridized carbons (Fsp3) is 0.333. The Morgan fingerprint density at radius 1 is 1.41 bits per heavy atom. The van der Waals surface area contributed by atoms with Crippen molar-refractivity contribution in [3.8, 4) is 11.4 Å².